The van der Waals surface area contributed by atoms with E-state index in [2.05, 4.69) is 26.1 Å². The van der Waals surface area contributed by atoms with Crippen molar-refractivity contribution in [1.82, 2.24) is 5.32 Å². The fourth-order valence-corrected chi connectivity index (χ4v) is 2.07. The van der Waals surface area contributed by atoms with Crippen LogP contribution in [-0.2, 0) is 11.2 Å². The van der Waals surface area contributed by atoms with Crippen LogP contribution >= 0.6 is 23.2 Å². The Morgan fingerprint density at radius 3 is 2.56 bits per heavy atom. The molecule has 0 bridgehead atoms. The standard InChI is InChI=1S/C14H21Cl2NO/c1-10(14(2,3)18-4)17-8-7-11-5-6-12(15)9-13(11)16/h5-6,9-10,17H,7-8H2,1-4H3. The lowest BCUT2D eigenvalue weighted by Crippen LogP contribution is -2.46. The minimum absolute atomic E-state index is 0.177. The zero-order chi connectivity index (χ0) is 13.8. The monoisotopic (exact) mass is 289 g/mol. The number of nitrogens with one attached hydrogen (secondary N) is 1. The van der Waals surface area contributed by atoms with Crippen LogP contribution in [0.2, 0.25) is 10.0 Å². The van der Waals surface area contributed by atoms with Crippen molar-refractivity contribution < 1.29 is 4.74 Å². The van der Waals surface area contributed by atoms with Gasteiger partial charge < -0.3 is 10.1 Å². The fourth-order valence-electron chi connectivity index (χ4n) is 1.57. The Labute approximate surface area is 120 Å². The van der Waals surface area contributed by atoms with Crippen molar-refractivity contribution >= 4 is 23.2 Å². The second kappa shape index (κ2) is 6.76. The molecule has 1 atom stereocenters. The third-order valence-electron chi connectivity index (χ3n) is 3.43. The molecule has 102 valence electrons. The highest BCUT2D eigenvalue weighted by atomic mass is 35.5. The minimum atomic E-state index is -0.177. The molecule has 0 spiro atoms. The Morgan fingerprint density at radius 2 is 2.00 bits per heavy atom. The largest absolute Gasteiger partial charge is 0.377 e. The maximum absolute atomic E-state index is 6.13. The zero-order valence-electron chi connectivity index (χ0n) is 11.4. The van der Waals surface area contributed by atoms with E-state index in [1.54, 1.807) is 13.2 Å². The highest BCUT2D eigenvalue weighted by Gasteiger charge is 2.24. The molecule has 0 saturated heterocycles. The summed E-state index contributed by atoms with van der Waals surface area (Å²) in [6.07, 6.45) is 0.875. The Morgan fingerprint density at radius 1 is 1.33 bits per heavy atom. The number of halogens is 2. The van der Waals surface area contributed by atoms with Crippen molar-refractivity contribution in [3.63, 3.8) is 0 Å². The van der Waals surface area contributed by atoms with Crippen LogP contribution in [0.15, 0.2) is 18.2 Å². The van der Waals surface area contributed by atoms with Crippen molar-refractivity contribution in [1.29, 1.82) is 0 Å². The number of ether oxygens (including phenoxy) is 1. The van der Waals surface area contributed by atoms with Gasteiger partial charge in [-0.2, -0.15) is 0 Å². The van der Waals surface area contributed by atoms with Crippen LogP contribution in [0.4, 0.5) is 0 Å². The van der Waals surface area contributed by atoms with E-state index in [-0.39, 0.29) is 11.6 Å². The van der Waals surface area contributed by atoms with Crippen molar-refractivity contribution in [2.24, 2.45) is 0 Å². The second-order valence-electron chi connectivity index (χ2n) is 4.97. The van der Waals surface area contributed by atoms with Gasteiger partial charge in [0, 0.05) is 23.2 Å². The fraction of sp³-hybridized carbons (Fsp3) is 0.571. The number of hydrogen-bond donors (Lipinski definition) is 1. The summed E-state index contributed by atoms with van der Waals surface area (Å²) in [6, 6.07) is 5.89. The molecule has 0 saturated carbocycles. The predicted molar refractivity (Wildman–Crippen MR) is 78.7 cm³/mol. The quantitative estimate of drug-likeness (QED) is 0.857. The van der Waals surface area contributed by atoms with Crippen LogP contribution in [-0.4, -0.2) is 25.3 Å². The van der Waals surface area contributed by atoms with Gasteiger partial charge in [0.25, 0.3) is 0 Å². The van der Waals surface area contributed by atoms with Gasteiger partial charge in [-0.3, -0.25) is 0 Å². The molecule has 1 rings (SSSR count). The molecule has 0 radical (unpaired) electrons. The third kappa shape index (κ3) is 4.43. The second-order valence-corrected chi connectivity index (χ2v) is 5.81. The molecule has 1 unspecified atom stereocenters. The van der Waals surface area contributed by atoms with Gasteiger partial charge >= 0.3 is 0 Å². The summed E-state index contributed by atoms with van der Waals surface area (Å²) in [5.74, 6) is 0. The van der Waals surface area contributed by atoms with Crippen LogP contribution in [0, 0.1) is 0 Å². The van der Waals surface area contributed by atoms with Crippen LogP contribution in [0.3, 0.4) is 0 Å². The average Bonchev–Trinajstić information content (AvgIpc) is 2.31. The summed E-state index contributed by atoms with van der Waals surface area (Å²) >= 11 is 12.0. The van der Waals surface area contributed by atoms with E-state index in [4.69, 9.17) is 27.9 Å². The molecular weight excluding hydrogens is 269 g/mol. The van der Waals surface area contributed by atoms with Crippen molar-refractivity contribution in [2.75, 3.05) is 13.7 Å². The SMILES string of the molecule is COC(C)(C)C(C)NCCc1ccc(Cl)cc1Cl. The summed E-state index contributed by atoms with van der Waals surface area (Å²) in [5, 5.41) is 4.84. The third-order valence-corrected chi connectivity index (χ3v) is 4.02. The first-order valence-corrected chi connectivity index (χ1v) is 6.85. The smallest absolute Gasteiger partial charge is 0.0772 e. The van der Waals surface area contributed by atoms with Gasteiger partial charge in [-0.15, -0.1) is 0 Å². The average molecular weight is 290 g/mol. The van der Waals surface area contributed by atoms with Crippen LogP contribution in [0.5, 0.6) is 0 Å². The van der Waals surface area contributed by atoms with Crippen molar-refractivity contribution in [2.45, 2.75) is 38.8 Å². The Bertz CT molecular complexity index is 393. The molecule has 0 aromatic heterocycles. The molecular formula is C14H21Cl2NO. The van der Waals surface area contributed by atoms with Gasteiger partial charge in [0.2, 0.25) is 0 Å². The van der Waals surface area contributed by atoms with E-state index in [1.807, 2.05) is 12.1 Å². The summed E-state index contributed by atoms with van der Waals surface area (Å²) in [6.45, 7) is 7.11. The lowest BCUT2D eigenvalue weighted by atomic mass is 10.00. The van der Waals surface area contributed by atoms with Gasteiger partial charge in [-0.1, -0.05) is 29.3 Å². The van der Waals surface area contributed by atoms with Crippen LogP contribution in [0.1, 0.15) is 26.3 Å². The molecule has 0 aliphatic heterocycles. The van der Waals surface area contributed by atoms with Crippen molar-refractivity contribution in [3.05, 3.63) is 33.8 Å². The van der Waals surface area contributed by atoms with E-state index < -0.39 is 0 Å². The lowest BCUT2D eigenvalue weighted by Gasteiger charge is -2.31. The maximum atomic E-state index is 6.13. The maximum Gasteiger partial charge on any atom is 0.0772 e. The van der Waals surface area contributed by atoms with Gasteiger partial charge in [0.1, 0.15) is 0 Å². The summed E-state index contributed by atoms with van der Waals surface area (Å²) in [7, 11) is 1.73. The molecule has 0 aliphatic rings. The zero-order valence-corrected chi connectivity index (χ0v) is 12.9. The lowest BCUT2D eigenvalue weighted by molar-refractivity contribution is -0.00475. The van der Waals surface area contributed by atoms with Gasteiger partial charge in [0.05, 0.1) is 5.60 Å². The molecule has 0 aliphatic carbocycles. The normalized spacial score (nSPS) is 13.7. The summed E-state index contributed by atoms with van der Waals surface area (Å²) < 4.78 is 5.44. The van der Waals surface area contributed by atoms with Gasteiger partial charge in [0.15, 0.2) is 0 Å². The molecule has 0 amide bonds. The van der Waals surface area contributed by atoms with Gasteiger partial charge in [-0.05, 0) is 51.4 Å². The number of methoxy groups -OCH3 is 1. The van der Waals surface area contributed by atoms with E-state index in [0.717, 1.165) is 23.6 Å². The number of benzene rings is 1. The van der Waals surface area contributed by atoms with Gasteiger partial charge in [-0.25, -0.2) is 0 Å². The molecule has 18 heavy (non-hydrogen) atoms. The number of hydrogen-bond acceptors (Lipinski definition) is 2. The van der Waals surface area contributed by atoms with E-state index in [1.165, 1.54) is 0 Å². The van der Waals surface area contributed by atoms with E-state index >= 15 is 0 Å². The van der Waals surface area contributed by atoms with Crippen LogP contribution < -0.4 is 5.32 Å². The van der Waals surface area contributed by atoms with E-state index in [9.17, 15) is 0 Å². The highest BCUT2D eigenvalue weighted by molar-refractivity contribution is 6.35. The first kappa shape index (κ1) is 15.8. The molecule has 4 heteroatoms. The number of rotatable bonds is 6. The molecule has 0 heterocycles. The first-order chi connectivity index (χ1) is 8.36. The molecule has 2 nitrogen and oxygen atoms in total. The van der Waals surface area contributed by atoms with Crippen LogP contribution in [0.25, 0.3) is 0 Å². The highest BCUT2D eigenvalue weighted by Crippen LogP contribution is 2.21. The summed E-state index contributed by atoms with van der Waals surface area (Å²) in [5.41, 5.74) is 0.931. The summed E-state index contributed by atoms with van der Waals surface area (Å²) in [4.78, 5) is 0. The van der Waals surface area contributed by atoms with Crippen molar-refractivity contribution in [3.8, 4) is 0 Å². The molecule has 1 aromatic carbocycles. The Balaban J connectivity index is 2.47. The first-order valence-electron chi connectivity index (χ1n) is 6.09. The Hall–Kier alpha value is -0.280. The Kier molecular flexibility index (Phi) is 5.93. The minimum Gasteiger partial charge on any atom is -0.377 e. The topological polar surface area (TPSA) is 21.3 Å². The predicted octanol–water partition coefficient (Wildman–Crippen LogP) is 3.94. The molecule has 0 fully saturated rings. The van der Waals surface area contributed by atoms with E-state index in [0.29, 0.717) is 5.02 Å². The molecule has 1 N–H and O–H groups in total. The molecule has 1 aromatic rings.